The van der Waals surface area contributed by atoms with E-state index >= 15 is 0 Å². The summed E-state index contributed by atoms with van der Waals surface area (Å²) in [5.41, 5.74) is 5.37. The molecule has 0 saturated carbocycles. The van der Waals surface area contributed by atoms with Gasteiger partial charge in [-0.15, -0.1) is 0 Å². The summed E-state index contributed by atoms with van der Waals surface area (Å²) < 4.78 is 11.5. The Morgan fingerprint density at radius 1 is 1.06 bits per heavy atom. The van der Waals surface area contributed by atoms with Gasteiger partial charge in [-0.1, -0.05) is 64.4 Å². The Balaban J connectivity index is 1.83. The highest BCUT2D eigenvalue weighted by atomic mass is 16.5. The van der Waals surface area contributed by atoms with Crippen LogP contribution in [0.4, 0.5) is 0 Å². The molecule has 0 bridgehead atoms. The standard InChI is InChI=1S/C29H35NO4/c1-6-8-21(16-28(31)32)22-9-7-10-24(14-22)34-19-20-11-12-26(27(13-20)29(2,3)4)23-15-25(33-5)18-30-17-23/h7,9-15,17-18,21H,6,8,16,19H2,1-5H3,(H,31,32)/t21-/m1/s1. The molecule has 34 heavy (non-hydrogen) atoms. The fourth-order valence-corrected chi connectivity index (χ4v) is 4.20. The molecule has 0 fully saturated rings. The summed E-state index contributed by atoms with van der Waals surface area (Å²) in [6, 6.07) is 16.2. The van der Waals surface area contributed by atoms with Gasteiger partial charge in [0.05, 0.1) is 19.7 Å². The minimum Gasteiger partial charge on any atom is -0.495 e. The first kappa shape index (κ1) is 25.3. The third-order valence-corrected chi connectivity index (χ3v) is 5.95. The lowest BCUT2D eigenvalue weighted by Gasteiger charge is -2.24. The van der Waals surface area contributed by atoms with Crippen molar-refractivity contribution in [1.29, 1.82) is 0 Å². The van der Waals surface area contributed by atoms with E-state index in [-0.39, 0.29) is 17.8 Å². The lowest BCUT2D eigenvalue weighted by molar-refractivity contribution is -0.137. The molecule has 0 radical (unpaired) electrons. The van der Waals surface area contributed by atoms with Gasteiger partial charge >= 0.3 is 5.97 Å². The van der Waals surface area contributed by atoms with Crippen molar-refractivity contribution in [3.8, 4) is 22.6 Å². The molecule has 1 N–H and O–H groups in total. The number of rotatable bonds is 10. The number of pyridine rings is 1. The molecule has 0 amide bonds. The largest absolute Gasteiger partial charge is 0.495 e. The smallest absolute Gasteiger partial charge is 0.303 e. The third kappa shape index (κ3) is 6.60. The summed E-state index contributed by atoms with van der Waals surface area (Å²) in [6.45, 7) is 9.10. The van der Waals surface area contributed by atoms with Crippen LogP contribution < -0.4 is 9.47 Å². The predicted octanol–water partition coefficient (Wildman–Crippen LogP) is 6.99. The van der Waals surface area contributed by atoms with Crippen LogP contribution in [0.2, 0.25) is 0 Å². The van der Waals surface area contributed by atoms with Gasteiger partial charge < -0.3 is 14.6 Å². The molecular formula is C29H35NO4. The number of hydrogen-bond donors (Lipinski definition) is 1. The van der Waals surface area contributed by atoms with Crippen LogP contribution in [-0.4, -0.2) is 23.2 Å². The van der Waals surface area contributed by atoms with E-state index in [9.17, 15) is 9.90 Å². The third-order valence-electron chi connectivity index (χ3n) is 5.95. The van der Waals surface area contributed by atoms with E-state index in [0.29, 0.717) is 6.61 Å². The molecule has 0 saturated heterocycles. The minimum atomic E-state index is -0.772. The second kappa shape index (κ2) is 11.2. The maximum absolute atomic E-state index is 11.3. The summed E-state index contributed by atoms with van der Waals surface area (Å²) in [6.07, 6.45) is 5.47. The summed E-state index contributed by atoms with van der Waals surface area (Å²) in [5.74, 6) is 0.705. The van der Waals surface area contributed by atoms with Crippen LogP contribution in [0, 0.1) is 0 Å². The Labute approximate surface area is 202 Å². The number of carboxylic acids is 1. The van der Waals surface area contributed by atoms with Gasteiger partial charge in [0.15, 0.2) is 0 Å². The minimum absolute atomic E-state index is 0.00528. The number of aliphatic carboxylic acids is 1. The topological polar surface area (TPSA) is 68.7 Å². The number of ether oxygens (including phenoxy) is 2. The number of methoxy groups -OCH3 is 1. The molecule has 1 heterocycles. The number of benzene rings is 2. The van der Waals surface area contributed by atoms with Gasteiger partial charge in [-0.25, -0.2) is 0 Å². The molecule has 0 aliphatic carbocycles. The van der Waals surface area contributed by atoms with Crippen LogP contribution in [0.15, 0.2) is 60.9 Å². The number of nitrogens with zero attached hydrogens (tertiary/aromatic N) is 1. The molecule has 3 aromatic rings. The lowest BCUT2D eigenvalue weighted by atomic mass is 9.81. The van der Waals surface area contributed by atoms with E-state index in [4.69, 9.17) is 9.47 Å². The zero-order valence-electron chi connectivity index (χ0n) is 20.8. The number of aromatic nitrogens is 1. The Hall–Kier alpha value is -3.34. The van der Waals surface area contributed by atoms with E-state index in [2.05, 4.69) is 50.9 Å². The van der Waals surface area contributed by atoms with Gasteiger partial charge in [0.1, 0.15) is 18.1 Å². The Morgan fingerprint density at radius 2 is 1.85 bits per heavy atom. The van der Waals surface area contributed by atoms with Crippen molar-refractivity contribution in [1.82, 2.24) is 4.98 Å². The highest BCUT2D eigenvalue weighted by molar-refractivity contribution is 5.70. The molecule has 5 heteroatoms. The van der Waals surface area contributed by atoms with Crippen molar-refractivity contribution in [2.24, 2.45) is 0 Å². The van der Waals surface area contributed by atoms with Gasteiger partial charge in [0.25, 0.3) is 0 Å². The van der Waals surface area contributed by atoms with Crippen molar-refractivity contribution < 1.29 is 19.4 Å². The summed E-state index contributed by atoms with van der Waals surface area (Å²) >= 11 is 0. The maximum Gasteiger partial charge on any atom is 0.303 e. The number of carbonyl (C=O) groups is 1. The first-order chi connectivity index (χ1) is 16.2. The van der Waals surface area contributed by atoms with E-state index in [0.717, 1.165) is 46.6 Å². The highest BCUT2D eigenvalue weighted by Crippen LogP contribution is 2.35. The fourth-order valence-electron chi connectivity index (χ4n) is 4.20. The van der Waals surface area contributed by atoms with E-state index < -0.39 is 5.97 Å². The maximum atomic E-state index is 11.3. The molecule has 0 aliphatic heterocycles. The van der Waals surface area contributed by atoms with Gasteiger partial charge in [0.2, 0.25) is 0 Å². The van der Waals surface area contributed by atoms with E-state index in [1.54, 1.807) is 13.3 Å². The zero-order valence-corrected chi connectivity index (χ0v) is 20.8. The Morgan fingerprint density at radius 3 is 2.53 bits per heavy atom. The van der Waals surface area contributed by atoms with Crippen LogP contribution >= 0.6 is 0 Å². The summed E-state index contributed by atoms with van der Waals surface area (Å²) in [7, 11) is 1.65. The van der Waals surface area contributed by atoms with Crippen LogP contribution in [0.1, 0.15) is 69.6 Å². The average Bonchev–Trinajstić information content (AvgIpc) is 2.82. The quantitative estimate of drug-likeness (QED) is 0.352. The molecule has 180 valence electrons. The molecule has 0 aliphatic rings. The first-order valence-corrected chi connectivity index (χ1v) is 11.8. The molecule has 1 aromatic heterocycles. The molecule has 2 aromatic carbocycles. The molecule has 0 unspecified atom stereocenters. The average molecular weight is 462 g/mol. The van der Waals surface area contributed by atoms with Gasteiger partial charge in [0, 0.05) is 11.8 Å². The zero-order chi connectivity index (χ0) is 24.7. The predicted molar refractivity (Wildman–Crippen MR) is 136 cm³/mol. The second-order valence-corrected chi connectivity index (χ2v) is 9.69. The van der Waals surface area contributed by atoms with E-state index in [1.807, 2.05) is 36.5 Å². The summed E-state index contributed by atoms with van der Waals surface area (Å²) in [5, 5.41) is 9.28. The van der Waals surface area contributed by atoms with Crippen molar-refractivity contribution in [3.05, 3.63) is 77.6 Å². The molecule has 1 atom stereocenters. The van der Waals surface area contributed by atoms with Gasteiger partial charge in [-0.05, 0) is 58.2 Å². The molecule has 3 rings (SSSR count). The number of carboxylic acid groups (broad SMARTS) is 1. The van der Waals surface area contributed by atoms with E-state index in [1.165, 1.54) is 5.56 Å². The van der Waals surface area contributed by atoms with Crippen LogP contribution in [-0.2, 0) is 16.8 Å². The normalized spacial score (nSPS) is 12.3. The Kier molecular flexibility index (Phi) is 8.32. The monoisotopic (exact) mass is 461 g/mol. The fraction of sp³-hybridized carbons (Fsp3) is 0.379. The van der Waals surface area contributed by atoms with Crippen LogP contribution in [0.3, 0.4) is 0 Å². The molecule has 0 spiro atoms. The molecular weight excluding hydrogens is 426 g/mol. The molecule has 5 nitrogen and oxygen atoms in total. The summed E-state index contributed by atoms with van der Waals surface area (Å²) in [4.78, 5) is 15.6. The van der Waals surface area contributed by atoms with Crippen molar-refractivity contribution in [2.45, 2.75) is 64.9 Å². The first-order valence-electron chi connectivity index (χ1n) is 11.8. The lowest BCUT2D eigenvalue weighted by Crippen LogP contribution is -2.14. The van der Waals surface area contributed by atoms with Gasteiger partial charge in [-0.2, -0.15) is 0 Å². The van der Waals surface area contributed by atoms with Crippen LogP contribution in [0.25, 0.3) is 11.1 Å². The van der Waals surface area contributed by atoms with Crippen molar-refractivity contribution in [3.63, 3.8) is 0 Å². The number of hydrogen-bond acceptors (Lipinski definition) is 4. The van der Waals surface area contributed by atoms with Crippen LogP contribution in [0.5, 0.6) is 11.5 Å². The second-order valence-electron chi connectivity index (χ2n) is 9.69. The van der Waals surface area contributed by atoms with Crippen molar-refractivity contribution >= 4 is 5.97 Å². The van der Waals surface area contributed by atoms with Gasteiger partial charge in [-0.3, -0.25) is 9.78 Å². The Bertz CT molecular complexity index is 1120. The van der Waals surface area contributed by atoms with Crippen molar-refractivity contribution in [2.75, 3.05) is 7.11 Å². The SMILES string of the molecule is CCC[C@H](CC(=O)O)c1cccc(OCc2ccc(-c3cncc(OC)c3)c(C(C)(C)C)c2)c1. The highest BCUT2D eigenvalue weighted by Gasteiger charge is 2.20.